The van der Waals surface area contributed by atoms with E-state index in [1.807, 2.05) is 0 Å². The van der Waals surface area contributed by atoms with E-state index in [0.29, 0.717) is 40.3 Å². The number of amides is 1. The first-order valence-corrected chi connectivity index (χ1v) is 7.52. The number of methoxy groups -OCH3 is 1. The lowest BCUT2D eigenvalue weighted by molar-refractivity contribution is 0.0946. The van der Waals surface area contributed by atoms with Gasteiger partial charge < -0.3 is 10.1 Å². The van der Waals surface area contributed by atoms with Crippen LogP contribution >= 0.6 is 11.6 Å². The lowest BCUT2D eigenvalue weighted by atomic mass is 10.2. The summed E-state index contributed by atoms with van der Waals surface area (Å²) in [5.74, 6) is 1.03. The zero-order valence-corrected chi connectivity index (χ0v) is 13.2. The van der Waals surface area contributed by atoms with Crippen LogP contribution in [0.2, 0.25) is 5.02 Å². The molecular formula is C15H17ClN4O2. The third-order valence-corrected chi connectivity index (χ3v) is 3.96. The fraction of sp³-hybridized carbons (Fsp3) is 0.400. The highest BCUT2D eigenvalue weighted by Crippen LogP contribution is 2.28. The number of hydrogen-bond donors (Lipinski definition) is 1. The number of rotatable bonds is 5. The van der Waals surface area contributed by atoms with Gasteiger partial charge >= 0.3 is 0 Å². The van der Waals surface area contributed by atoms with Gasteiger partial charge in [-0.05, 0) is 43.9 Å². The molecule has 2 aromatic rings. The molecule has 1 aromatic heterocycles. The summed E-state index contributed by atoms with van der Waals surface area (Å²) in [5.41, 5.74) is 1.62. The average Bonchev–Trinajstić information content (AvgIpc) is 3.26. The summed E-state index contributed by atoms with van der Waals surface area (Å²) in [6, 6.07) is 5.22. The van der Waals surface area contributed by atoms with Crippen LogP contribution in [0.3, 0.4) is 0 Å². The maximum atomic E-state index is 12.2. The molecule has 0 radical (unpaired) electrons. The summed E-state index contributed by atoms with van der Waals surface area (Å²) < 4.78 is 6.89. The lowest BCUT2D eigenvalue weighted by Gasteiger charge is -2.10. The van der Waals surface area contributed by atoms with E-state index in [-0.39, 0.29) is 5.91 Å². The molecule has 0 atom stereocenters. The van der Waals surface area contributed by atoms with Crippen molar-refractivity contribution >= 4 is 17.5 Å². The standard InChI is InChI=1S/C15H17ClN4O2/c1-9-14(15(21)17-8-10-3-4-10)18-19-20(9)12-7-11(16)5-6-13(12)22-2/h5-7,10H,3-4,8H2,1-2H3,(H,17,21). The Labute approximate surface area is 133 Å². The van der Waals surface area contributed by atoms with E-state index in [4.69, 9.17) is 16.3 Å². The van der Waals surface area contributed by atoms with Crippen molar-refractivity contribution in [3.8, 4) is 11.4 Å². The molecule has 0 unspecified atom stereocenters. The van der Waals surface area contributed by atoms with Gasteiger partial charge in [-0.2, -0.15) is 0 Å². The van der Waals surface area contributed by atoms with Gasteiger partial charge in [0, 0.05) is 11.6 Å². The van der Waals surface area contributed by atoms with Crippen molar-refractivity contribution in [2.75, 3.05) is 13.7 Å². The zero-order chi connectivity index (χ0) is 15.7. The Balaban J connectivity index is 1.89. The highest BCUT2D eigenvalue weighted by molar-refractivity contribution is 6.30. The zero-order valence-electron chi connectivity index (χ0n) is 12.5. The van der Waals surface area contributed by atoms with Crippen LogP contribution in [-0.4, -0.2) is 34.6 Å². The average molecular weight is 321 g/mol. The van der Waals surface area contributed by atoms with Gasteiger partial charge in [0.15, 0.2) is 5.69 Å². The summed E-state index contributed by atoms with van der Waals surface area (Å²) in [6.07, 6.45) is 2.37. The van der Waals surface area contributed by atoms with E-state index in [0.717, 1.165) is 0 Å². The molecule has 1 aliphatic carbocycles. The molecule has 0 spiro atoms. The van der Waals surface area contributed by atoms with Crippen molar-refractivity contribution < 1.29 is 9.53 Å². The predicted molar refractivity (Wildman–Crippen MR) is 82.7 cm³/mol. The number of aromatic nitrogens is 3. The summed E-state index contributed by atoms with van der Waals surface area (Å²) in [4.78, 5) is 12.2. The Hall–Kier alpha value is -2.08. The Morgan fingerprint density at radius 3 is 2.95 bits per heavy atom. The predicted octanol–water partition coefficient (Wildman–Crippen LogP) is 2.38. The van der Waals surface area contributed by atoms with Crippen LogP contribution in [0, 0.1) is 12.8 Å². The highest BCUT2D eigenvalue weighted by Gasteiger charge is 2.24. The van der Waals surface area contributed by atoms with Gasteiger partial charge in [0.05, 0.1) is 12.8 Å². The third kappa shape index (κ3) is 2.92. The Bertz CT molecular complexity index is 710. The van der Waals surface area contributed by atoms with Crippen LogP contribution in [-0.2, 0) is 0 Å². The van der Waals surface area contributed by atoms with E-state index in [2.05, 4.69) is 15.6 Å². The number of benzene rings is 1. The lowest BCUT2D eigenvalue weighted by Crippen LogP contribution is -2.26. The SMILES string of the molecule is COc1ccc(Cl)cc1-n1nnc(C(=O)NCC2CC2)c1C. The number of nitrogens with zero attached hydrogens (tertiary/aromatic N) is 3. The number of hydrogen-bond acceptors (Lipinski definition) is 4. The van der Waals surface area contributed by atoms with Gasteiger partial charge in [0.2, 0.25) is 0 Å². The van der Waals surface area contributed by atoms with Gasteiger partial charge in [-0.25, -0.2) is 4.68 Å². The first-order chi connectivity index (χ1) is 10.6. The molecule has 3 rings (SSSR count). The van der Waals surface area contributed by atoms with Crippen molar-refractivity contribution in [1.82, 2.24) is 20.3 Å². The largest absolute Gasteiger partial charge is 0.494 e. The van der Waals surface area contributed by atoms with Gasteiger partial charge in [0.25, 0.3) is 5.91 Å². The second kappa shape index (κ2) is 5.96. The van der Waals surface area contributed by atoms with E-state index >= 15 is 0 Å². The van der Waals surface area contributed by atoms with E-state index in [9.17, 15) is 4.79 Å². The second-order valence-electron chi connectivity index (χ2n) is 5.40. The maximum absolute atomic E-state index is 12.2. The fourth-order valence-corrected chi connectivity index (χ4v) is 2.41. The molecule has 1 saturated carbocycles. The van der Waals surface area contributed by atoms with Crippen LogP contribution in [0.5, 0.6) is 5.75 Å². The molecular weight excluding hydrogens is 304 g/mol. The van der Waals surface area contributed by atoms with Gasteiger partial charge in [-0.1, -0.05) is 16.8 Å². The minimum Gasteiger partial charge on any atom is -0.494 e. The molecule has 0 saturated heterocycles. The minimum absolute atomic E-state index is 0.198. The maximum Gasteiger partial charge on any atom is 0.273 e. The fourth-order valence-electron chi connectivity index (χ4n) is 2.24. The molecule has 116 valence electrons. The normalized spacial score (nSPS) is 14.0. The number of halogens is 1. The molecule has 1 heterocycles. The van der Waals surface area contributed by atoms with Crippen LogP contribution in [0.25, 0.3) is 5.69 Å². The summed E-state index contributed by atoms with van der Waals surface area (Å²) >= 11 is 6.04. The molecule has 1 fully saturated rings. The first-order valence-electron chi connectivity index (χ1n) is 7.14. The molecule has 22 heavy (non-hydrogen) atoms. The molecule has 1 amide bonds. The van der Waals surface area contributed by atoms with Crippen molar-refractivity contribution in [3.63, 3.8) is 0 Å². The molecule has 1 aliphatic rings. The van der Waals surface area contributed by atoms with Crippen LogP contribution < -0.4 is 10.1 Å². The Morgan fingerprint density at radius 1 is 1.50 bits per heavy atom. The topological polar surface area (TPSA) is 69.0 Å². The van der Waals surface area contributed by atoms with Gasteiger partial charge in [0.1, 0.15) is 11.4 Å². The van der Waals surface area contributed by atoms with Crippen LogP contribution in [0.15, 0.2) is 18.2 Å². The molecule has 0 aliphatic heterocycles. The van der Waals surface area contributed by atoms with Gasteiger partial charge in [-0.15, -0.1) is 5.10 Å². The van der Waals surface area contributed by atoms with Crippen molar-refractivity contribution in [2.45, 2.75) is 19.8 Å². The molecule has 1 aromatic carbocycles. The third-order valence-electron chi connectivity index (χ3n) is 3.73. The second-order valence-corrected chi connectivity index (χ2v) is 5.84. The van der Waals surface area contributed by atoms with Crippen LogP contribution in [0.4, 0.5) is 0 Å². The molecule has 7 heteroatoms. The molecule has 1 N–H and O–H groups in total. The van der Waals surface area contributed by atoms with Crippen molar-refractivity contribution in [2.24, 2.45) is 5.92 Å². The van der Waals surface area contributed by atoms with E-state index in [1.54, 1.807) is 36.9 Å². The Kier molecular flexibility index (Phi) is 4.02. The van der Waals surface area contributed by atoms with E-state index in [1.165, 1.54) is 12.8 Å². The monoisotopic (exact) mass is 320 g/mol. The highest BCUT2D eigenvalue weighted by atomic mass is 35.5. The summed E-state index contributed by atoms with van der Waals surface area (Å²) in [6.45, 7) is 2.50. The van der Waals surface area contributed by atoms with Crippen molar-refractivity contribution in [1.29, 1.82) is 0 Å². The molecule has 6 nitrogen and oxygen atoms in total. The van der Waals surface area contributed by atoms with Gasteiger partial charge in [-0.3, -0.25) is 4.79 Å². The number of carbonyl (C=O) groups is 1. The number of nitrogens with one attached hydrogen (secondary N) is 1. The smallest absolute Gasteiger partial charge is 0.273 e. The minimum atomic E-state index is -0.198. The number of carbonyl (C=O) groups excluding carboxylic acids is 1. The van der Waals surface area contributed by atoms with Crippen molar-refractivity contribution in [3.05, 3.63) is 34.6 Å². The van der Waals surface area contributed by atoms with Crippen LogP contribution in [0.1, 0.15) is 29.0 Å². The summed E-state index contributed by atoms with van der Waals surface area (Å²) in [7, 11) is 1.57. The Morgan fingerprint density at radius 2 is 2.27 bits per heavy atom. The number of ether oxygens (including phenoxy) is 1. The van der Waals surface area contributed by atoms with E-state index < -0.39 is 0 Å². The first kappa shape index (κ1) is 14.8. The quantitative estimate of drug-likeness (QED) is 0.918. The molecule has 0 bridgehead atoms. The summed E-state index contributed by atoms with van der Waals surface area (Å²) in [5, 5.41) is 11.5.